The quantitative estimate of drug-likeness (QED) is 0.317. The molecule has 1 heterocycles. The van der Waals surface area contributed by atoms with Gasteiger partial charge in [0.05, 0.1) is 9.81 Å². The summed E-state index contributed by atoms with van der Waals surface area (Å²) in [6.45, 7) is 10.4. The van der Waals surface area contributed by atoms with E-state index >= 15 is 0 Å². The van der Waals surface area contributed by atoms with Crippen LogP contribution < -0.4 is 0 Å². The Morgan fingerprint density at radius 3 is 2.33 bits per heavy atom. The zero-order chi connectivity index (χ0) is 22.3. The van der Waals surface area contributed by atoms with Crippen LogP contribution in [-0.4, -0.2) is 34.8 Å². The fraction of sp³-hybridized carbons (Fsp3) is 0.261. The third-order valence-corrected chi connectivity index (χ3v) is 5.97. The van der Waals surface area contributed by atoms with Gasteiger partial charge < -0.3 is 4.74 Å². The van der Waals surface area contributed by atoms with Crippen molar-refractivity contribution < 1.29 is 19.1 Å². The molecule has 30 heavy (non-hydrogen) atoms. The van der Waals surface area contributed by atoms with Crippen LogP contribution in [0.5, 0.6) is 0 Å². The summed E-state index contributed by atoms with van der Waals surface area (Å²) in [6, 6.07) is 9.31. The van der Waals surface area contributed by atoms with Gasteiger partial charge in [0.1, 0.15) is 12.1 Å². The molecule has 2 amide bonds. The van der Waals surface area contributed by atoms with Gasteiger partial charge in [-0.1, -0.05) is 66.5 Å². The SMILES string of the molecule is C=C/C(=C\C=C\C)SC1=C(Sc2ccccc2)C(=O)N(CC(=O)OC(C)(C)C)C1=O. The molecule has 7 heteroatoms. The lowest BCUT2D eigenvalue weighted by Crippen LogP contribution is -2.39. The van der Waals surface area contributed by atoms with Gasteiger partial charge in [-0.2, -0.15) is 0 Å². The summed E-state index contributed by atoms with van der Waals surface area (Å²) in [5.74, 6) is -1.65. The lowest BCUT2D eigenvalue weighted by atomic mass is 10.2. The molecule has 5 nitrogen and oxygen atoms in total. The van der Waals surface area contributed by atoms with Gasteiger partial charge in [-0.3, -0.25) is 19.3 Å². The van der Waals surface area contributed by atoms with E-state index in [4.69, 9.17) is 4.74 Å². The van der Waals surface area contributed by atoms with Crippen LogP contribution in [0.15, 0.2) is 80.8 Å². The van der Waals surface area contributed by atoms with Crippen LogP contribution in [0.3, 0.4) is 0 Å². The number of hydrogen-bond acceptors (Lipinski definition) is 6. The van der Waals surface area contributed by atoms with Gasteiger partial charge in [-0.25, -0.2) is 0 Å². The number of benzene rings is 1. The zero-order valence-electron chi connectivity index (χ0n) is 17.5. The number of imide groups is 1. The average molecular weight is 444 g/mol. The van der Waals surface area contributed by atoms with Crippen molar-refractivity contribution in [1.29, 1.82) is 0 Å². The molecule has 1 aliphatic heterocycles. The van der Waals surface area contributed by atoms with Crippen LogP contribution in [0.2, 0.25) is 0 Å². The van der Waals surface area contributed by atoms with Crippen molar-refractivity contribution in [2.45, 2.75) is 38.2 Å². The van der Waals surface area contributed by atoms with E-state index < -0.39 is 29.9 Å². The monoisotopic (exact) mass is 443 g/mol. The van der Waals surface area contributed by atoms with Crippen molar-refractivity contribution in [3.05, 3.63) is 75.9 Å². The number of ether oxygens (including phenoxy) is 1. The van der Waals surface area contributed by atoms with E-state index in [1.54, 1.807) is 26.8 Å². The van der Waals surface area contributed by atoms with Crippen molar-refractivity contribution in [3.63, 3.8) is 0 Å². The topological polar surface area (TPSA) is 63.7 Å². The molecule has 0 radical (unpaired) electrons. The van der Waals surface area contributed by atoms with Crippen molar-refractivity contribution in [2.75, 3.05) is 6.54 Å². The molecule has 0 atom stereocenters. The summed E-state index contributed by atoms with van der Waals surface area (Å²) >= 11 is 2.37. The second-order valence-electron chi connectivity index (χ2n) is 7.26. The summed E-state index contributed by atoms with van der Waals surface area (Å²) in [5.41, 5.74) is -0.708. The van der Waals surface area contributed by atoms with Crippen molar-refractivity contribution in [2.24, 2.45) is 0 Å². The summed E-state index contributed by atoms with van der Waals surface area (Å²) in [6.07, 6.45) is 7.11. The normalized spacial score (nSPS) is 15.3. The minimum absolute atomic E-state index is 0.271. The van der Waals surface area contributed by atoms with E-state index in [1.165, 1.54) is 11.8 Å². The highest BCUT2D eigenvalue weighted by atomic mass is 32.2. The van der Waals surface area contributed by atoms with Gasteiger partial charge in [0.25, 0.3) is 11.8 Å². The minimum Gasteiger partial charge on any atom is -0.459 e. The molecule has 0 unspecified atom stereocenters. The van der Waals surface area contributed by atoms with Crippen LogP contribution >= 0.6 is 23.5 Å². The molecule has 1 aromatic carbocycles. The van der Waals surface area contributed by atoms with Gasteiger partial charge in [0.15, 0.2) is 0 Å². The lowest BCUT2D eigenvalue weighted by molar-refractivity contribution is -0.160. The number of rotatable bonds is 8. The van der Waals surface area contributed by atoms with Crippen molar-refractivity contribution in [1.82, 2.24) is 4.90 Å². The number of hydrogen-bond donors (Lipinski definition) is 0. The summed E-state index contributed by atoms with van der Waals surface area (Å²) in [7, 11) is 0. The molecule has 1 aliphatic rings. The number of allylic oxidation sites excluding steroid dienone is 4. The Balaban J connectivity index is 2.36. The molecule has 0 aromatic heterocycles. The summed E-state index contributed by atoms with van der Waals surface area (Å²) < 4.78 is 5.29. The molecular formula is C23H25NO4S2. The highest BCUT2D eigenvalue weighted by Crippen LogP contribution is 2.42. The predicted molar refractivity (Wildman–Crippen MR) is 123 cm³/mol. The molecule has 2 rings (SSSR count). The molecular weight excluding hydrogens is 418 g/mol. The van der Waals surface area contributed by atoms with Crippen molar-refractivity contribution >= 4 is 41.3 Å². The predicted octanol–water partition coefficient (Wildman–Crippen LogP) is 5.08. The van der Waals surface area contributed by atoms with Gasteiger partial charge in [0, 0.05) is 9.80 Å². The smallest absolute Gasteiger partial charge is 0.326 e. The first-order valence-electron chi connectivity index (χ1n) is 9.34. The molecule has 0 spiro atoms. The lowest BCUT2D eigenvalue weighted by Gasteiger charge is -2.21. The van der Waals surface area contributed by atoms with Crippen LogP contribution in [0.25, 0.3) is 0 Å². The van der Waals surface area contributed by atoms with Gasteiger partial charge in [0.2, 0.25) is 0 Å². The number of thioether (sulfide) groups is 2. The third kappa shape index (κ3) is 6.50. The molecule has 0 bridgehead atoms. The Bertz CT molecular complexity index is 924. The van der Waals surface area contributed by atoms with Gasteiger partial charge >= 0.3 is 5.97 Å². The molecule has 0 saturated heterocycles. The maximum absolute atomic E-state index is 13.1. The molecule has 0 fully saturated rings. The van der Waals surface area contributed by atoms with Crippen molar-refractivity contribution in [3.8, 4) is 0 Å². The molecule has 0 aliphatic carbocycles. The standard InChI is InChI=1S/C23H25NO4S2/c1-6-8-12-16(7-2)29-19-20(30-17-13-10-9-11-14-17)22(27)24(21(19)26)15-18(25)28-23(3,4)5/h6-14H,2,15H2,1,3-5H3/b8-6+,16-12+. The minimum atomic E-state index is -0.708. The third-order valence-electron chi connectivity index (χ3n) is 3.63. The first-order valence-corrected chi connectivity index (χ1v) is 11.0. The van der Waals surface area contributed by atoms with E-state index in [0.29, 0.717) is 0 Å². The average Bonchev–Trinajstić information content (AvgIpc) is 2.89. The van der Waals surface area contributed by atoms with E-state index in [1.807, 2.05) is 55.5 Å². The van der Waals surface area contributed by atoms with E-state index in [9.17, 15) is 14.4 Å². The number of nitrogens with zero attached hydrogens (tertiary/aromatic N) is 1. The van der Waals surface area contributed by atoms with E-state index in [2.05, 4.69) is 6.58 Å². The van der Waals surface area contributed by atoms with Gasteiger partial charge in [-0.05, 0) is 45.9 Å². The number of carbonyl (C=O) groups excluding carboxylic acids is 3. The number of carbonyl (C=O) groups is 3. The fourth-order valence-corrected chi connectivity index (χ4v) is 4.42. The Hall–Kier alpha value is -2.51. The largest absolute Gasteiger partial charge is 0.459 e. The second kappa shape index (κ2) is 10.5. The highest BCUT2D eigenvalue weighted by Gasteiger charge is 2.41. The first-order chi connectivity index (χ1) is 14.2. The highest BCUT2D eigenvalue weighted by molar-refractivity contribution is 8.10. The molecule has 0 saturated carbocycles. The van der Waals surface area contributed by atoms with Crippen LogP contribution in [0.1, 0.15) is 27.7 Å². The molecule has 1 aromatic rings. The Morgan fingerprint density at radius 2 is 1.77 bits per heavy atom. The Kier molecular flexibility index (Phi) is 8.32. The summed E-state index contributed by atoms with van der Waals surface area (Å²) in [4.78, 5) is 41.4. The number of amides is 2. The maximum atomic E-state index is 13.1. The Labute approximate surface area is 185 Å². The Morgan fingerprint density at radius 1 is 1.13 bits per heavy atom. The van der Waals surface area contributed by atoms with Gasteiger partial charge in [-0.15, -0.1) is 0 Å². The molecule has 0 N–H and O–H groups in total. The fourth-order valence-electron chi connectivity index (χ4n) is 2.42. The number of esters is 1. The van der Waals surface area contributed by atoms with Crippen LogP contribution in [-0.2, 0) is 19.1 Å². The maximum Gasteiger partial charge on any atom is 0.326 e. The second-order valence-corrected chi connectivity index (χ2v) is 9.42. The van der Waals surface area contributed by atoms with Crippen LogP contribution in [0, 0.1) is 0 Å². The zero-order valence-corrected chi connectivity index (χ0v) is 19.1. The van der Waals surface area contributed by atoms with Crippen LogP contribution in [0.4, 0.5) is 0 Å². The molecule has 158 valence electrons. The summed E-state index contributed by atoms with van der Waals surface area (Å²) in [5, 5.41) is 0. The van der Waals surface area contributed by atoms with E-state index in [0.717, 1.165) is 26.5 Å². The van der Waals surface area contributed by atoms with E-state index in [-0.39, 0.29) is 9.81 Å². The first kappa shape index (κ1) is 23.8.